The first-order valence-electron chi connectivity index (χ1n) is 5.19. The quantitative estimate of drug-likeness (QED) is 0.795. The summed E-state index contributed by atoms with van der Waals surface area (Å²) in [5, 5.41) is 0. The Morgan fingerprint density at radius 2 is 2.20 bits per heavy atom. The van der Waals surface area contributed by atoms with E-state index >= 15 is 0 Å². The summed E-state index contributed by atoms with van der Waals surface area (Å²) >= 11 is 4.95. The minimum atomic E-state index is 0.285. The second-order valence-corrected chi connectivity index (χ2v) is 4.18. The maximum absolute atomic E-state index is 5.79. The summed E-state index contributed by atoms with van der Waals surface area (Å²) in [5.41, 5.74) is 6.34. The molecule has 2 rings (SSSR count). The number of nitrogens with zero attached hydrogens (tertiary/aromatic N) is 1. The molecule has 0 amide bonds. The largest absolute Gasteiger partial charge is 0.474 e. The van der Waals surface area contributed by atoms with Crippen LogP contribution < -0.4 is 10.5 Å². The van der Waals surface area contributed by atoms with E-state index in [0.717, 1.165) is 18.4 Å². The van der Waals surface area contributed by atoms with Crippen LogP contribution in [0.2, 0.25) is 0 Å². The van der Waals surface area contributed by atoms with Gasteiger partial charge in [-0.15, -0.1) is 0 Å². The zero-order chi connectivity index (χ0) is 10.7. The molecule has 3 nitrogen and oxygen atoms in total. The molecule has 1 fully saturated rings. The molecule has 0 aliphatic heterocycles. The van der Waals surface area contributed by atoms with Crippen LogP contribution in [0.5, 0.6) is 5.88 Å². The van der Waals surface area contributed by atoms with E-state index in [1.165, 1.54) is 12.8 Å². The highest BCUT2D eigenvalue weighted by Gasteiger charge is 2.18. The van der Waals surface area contributed by atoms with Gasteiger partial charge in [-0.25, -0.2) is 4.98 Å². The average molecular weight is 222 g/mol. The van der Waals surface area contributed by atoms with Gasteiger partial charge in [0.25, 0.3) is 0 Å². The molecule has 0 bridgehead atoms. The van der Waals surface area contributed by atoms with E-state index in [0.29, 0.717) is 10.9 Å². The number of hydrogen-bond acceptors (Lipinski definition) is 3. The first kappa shape index (κ1) is 10.4. The maximum atomic E-state index is 5.79. The van der Waals surface area contributed by atoms with Crippen molar-refractivity contribution in [3.05, 3.63) is 23.9 Å². The lowest BCUT2D eigenvalue weighted by molar-refractivity contribution is 0.201. The first-order chi connectivity index (χ1) is 7.27. The Morgan fingerprint density at radius 3 is 2.87 bits per heavy atom. The van der Waals surface area contributed by atoms with Crippen LogP contribution >= 0.6 is 12.2 Å². The van der Waals surface area contributed by atoms with E-state index in [1.54, 1.807) is 6.20 Å². The number of aromatic nitrogens is 1. The molecule has 2 N–H and O–H groups in total. The molecule has 1 heterocycles. The van der Waals surface area contributed by atoms with Crippen molar-refractivity contribution in [2.45, 2.75) is 31.8 Å². The molecule has 15 heavy (non-hydrogen) atoms. The first-order valence-corrected chi connectivity index (χ1v) is 5.59. The summed E-state index contributed by atoms with van der Waals surface area (Å²) in [7, 11) is 0. The SMILES string of the molecule is NC(=S)c1cccnc1OC1CCCC1. The van der Waals surface area contributed by atoms with Crippen LogP contribution in [-0.4, -0.2) is 16.1 Å². The van der Waals surface area contributed by atoms with Gasteiger partial charge in [-0.3, -0.25) is 0 Å². The third kappa shape index (κ3) is 2.45. The standard InChI is InChI=1S/C11H14N2OS/c12-10(15)9-6-3-7-13-11(9)14-8-4-1-2-5-8/h3,6-8H,1-2,4-5H2,(H2,12,15). The van der Waals surface area contributed by atoms with Crippen LogP contribution in [0.3, 0.4) is 0 Å². The average Bonchev–Trinajstić information content (AvgIpc) is 2.71. The highest BCUT2D eigenvalue weighted by atomic mass is 32.1. The molecule has 0 radical (unpaired) electrons. The van der Waals surface area contributed by atoms with E-state index in [-0.39, 0.29) is 6.10 Å². The molecule has 0 spiro atoms. The van der Waals surface area contributed by atoms with Crippen LogP contribution in [-0.2, 0) is 0 Å². The monoisotopic (exact) mass is 222 g/mol. The van der Waals surface area contributed by atoms with E-state index in [4.69, 9.17) is 22.7 Å². The molecule has 1 saturated carbocycles. The summed E-state index contributed by atoms with van der Waals surface area (Å²) in [6, 6.07) is 3.66. The van der Waals surface area contributed by atoms with Gasteiger partial charge in [-0.2, -0.15) is 0 Å². The number of hydrogen-bond donors (Lipinski definition) is 1. The predicted molar refractivity (Wildman–Crippen MR) is 63.0 cm³/mol. The second-order valence-electron chi connectivity index (χ2n) is 3.74. The Kier molecular flexibility index (Phi) is 3.16. The smallest absolute Gasteiger partial charge is 0.223 e. The molecule has 0 aromatic carbocycles. The molecule has 4 heteroatoms. The molecular formula is C11H14N2OS. The van der Waals surface area contributed by atoms with Crippen molar-refractivity contribution in [2.75, 3.05) is 0 Å². The van der Waals surface area contributed by atoms with Gasteiger partial charge in [0.2, 0.25) is 5.88 Å². The fraction of sp³-hybridized carbons (Fsp3) is 0.455. The van der Waals surface area contributed by atoms with Gasteiger partial charge in [0.1, 0.15) is 11.1 Å². The van der Waals surface area contributed by atoms with Crippen molar-refractivity contribution < 1.29 is 4.74 Å². The zero-order valence-corrected chi connectivity index (χ0v) is 9.30. The number of pyridine rings is 1. The van der Waals surface area contributed by atoms with E-state index in [2.05, 4.69) is 4.98 Å². The lowest BCUT2D eigenvalue weighted by Gasteiger charge is -2.14. The Labute approximate surface area is 94.6 Å². The van der Waals surface area contributed by atoms with Gasteiger partial charge in [-0.05, 0) is 37.8 Å². The topological polar surface area (TPSA) is 48.1 Å². The van der Waals surface area contributed by atoms with Crippen LogP contribution in [0, 0.1) is 0 Å². The highest BCUT2D eigenvalue weighted by Crippen LogP contribution is 2.24. The molecule has 1 aromatic rings. The Morgan fingerprint density at radius 1 is 1.47 bits per heavy atom. The van der Waals surface area contributed by atoms with Crippen molar-refractivity contribution in [1.29, 1.82) is 0 Å². The summed E-state index contributed by atoms with van der Waals surface area (Å²) in [4.78, 5) is 4.52. The summed E-state index contributed by atoms with van der Waals surface area (Å²) in [5.74, 6) is 0.580. The van der Waals surface area contributed by atoms with Gasteiger partial charge in [0.05, 0.1) is 5.56 Å². The van der Waals surface area contributed by atoms with Gasteiger partial charge in [0.15, 0.2) is 0 Å². The number of rotatable bonds is 3. The van der Waals surface area contributed by atoms with Crippen molar-refractivity contribution >= 4 is 17.2 Å². The maximum Gasteiger partial charge on any atom is 0.223 e. The second kappa shape index (κ2) is 4.57. The summed E-state index contributed by atoms with van der Waals surface area (Å²) in [6.07, 6.45) is 6.67. The third-order valence-electron chi connectivity index (χ3n) is 2.62. The van der Waals surface area contributed by atoms with Gasteiger partial charge >= 0.3 is 0 Å². The minimum absolute atomic E-state index is 0.285. The van der Waals surface area contributed by atoms with Crippen molar-refractivity contribution in [2.24, 2.45) is 5.73 Å². The van der Waals surface area contributed by atoms with Crippen LogP contribution in [0.1, 0.15) is 31.2 Å². The molecule has 80 valence electrons. The van der Waals surface area contributed by atoms with E-state index in [9.17, 15) is 0 Å². The molecule has 1 aromatic heterocycles. The fourth-order valence-electron chi connectivity index (χ4n) is 1.84. The minimum Gasteiger partial charge on any atom is -0.474 e. The van der Waals surface area contributed by atoms with Gasteiger partial charge in [-0.1, -0.05) is 12.2 Å². The van der Waals surface area contributed by atoms with Crippen LogP contribution in [0.15, 0.2) is 18.3 Å². The highest BCUT2D eigenvalue weighted by molar-refractivity contribution is 7.80. The summed E-state index contributed by atoms with van der Waals surface area (Å²) < 4.78 is 5.79. The third-order valence-corrected chi connectivity index (χ3v) is 2.84. The molecule has 1 aliphatic carbocycles. The molecule has 1 aliphatic rings. The zero-order valence-electron chi connectivity index (χ0n) is 8.48. The van der Waals surface area contributed by atoms with Crippen molar-refractivity contribution in [3.8, 4) is 5.88 Å². The molecular weight excluding hydrogens is 208 g/mol. The van der Waals surface area contributed by atoms with Crippen molar-refractivity contribution in [1.82, 2.24) is 4.98 Å². The van der Waals surface area contributed by atoms with E-state index < -0.39 is 0 Å². The fourth-order valence-corrected chi connectivity index (χ4v) is 1.99. The molecule has 0 atom stereocenters. The Balaban J connectivity index is 2.15. The lowest BCUT2D eigenvalue weighted by atomic mass is 10.2. The van der Waals surface area contributed by atoms with E-state index in [1.807, 2.05) is 12.1 Å². The number of ether oxygens (including phenoxy) is 1. The molecule has 0 unspecified atom stereocenters. The van der Waals surface area contributed by atoms with Crippen molar-refractivity contribution in [3.63, 3.8) is 0 Å². The molecule has 0 saturated heterocycles. The van der Waals surface area contributed by atoms with Gasteiger partial charge in [0, 0.05) is 6.20 Å². The Hall–Kier alpha value is -1.16. The summed E-state index contributed by atoms with van der Waals surface area (Å²) in [6.45, 7) is 0. The van der Waals surface area contributed by atoms with Crippen LogP contribution in [0.4, 0.5) is 0 Å². The number of nitrogens with two attached hydrogens (primary N) is 1. The normalized spacial score (nSPS) is 16.5. The van der Waals surface area contributed by atoms with Crippen LogP contribution in [0.25, 0.3) is 0 Å². The van der Waals surface area contributed by atoms with Gasteiger partial charge < -0.3 is 10.5 Å². The lowest BCUT2D eigenvalue weighted by Crippen LogP contribution is -2.17. The Bertz CT molecular complexity index is 361. The predicted octanol–water partition coefficient (Wildman–Crippen LogP) is 2.04. The number of thiocarbonyl (C=S) groups is 1.